The summed E-state index contributed by atoms with van der Waals surface area (Å²) in [4.78, 5) is 13.9. The summed E-state index contributed by atoms with van der Waals surface area (Å²) in [5, 5.41) is 0. The summed E-state index contributed by atoms with van der Waals surface area (Å²) in [6.07, 6.45) is 0.303. The van der Waals surface area contributed by atoms with Crippen molar-refractivity contribution in [2.24, 2.45) is 0 Å². The molecule has 34 heavy (non-hydrogen) atoms. The smallest absolute Gasteiger partial charge is 0.283 e. The van der Waals surface area contributed by atoms with E-state index in [9.17, 15) is 13.6 Å². The highest BCUT2D eigenvalue weighted by molar-refractivity contribution is 8.12. The van der Waals surface area contributed by atoms with Crippen molar-refractivity contribution in [3.8, 4) is 11.1 Å². The number of benzene rings is 2. The predicted molar refractivity (Wildman–Crippen MR) is 125 cm³/mol. The van der Waals surface area contributed by atoms with Crippen LogP contribution < -0.4 is 4.72 Å². The number of halogens is 3. The van der Waals surface area contributed by atoms with Gasteiger partial charge in [0.05, 0.1) is 19.2 Å². The second-order valence-corrected chi connectivity index (χ2v) is 12.9. The van der Waals surface area contributed by atoms with E-state index in [1.807, 2.05) is 0 Å². The molecule has 0 spiro atoms. The van der Waals surface area contributed by atoms with Crippen LogP contribution in [-0.2, 0) is 25.5 Å². The Kier molecular flexibility index (Phi) is 6.39. The summed E-state index contributed by atoms with van der Waals surface area (Å²) in [5.74, 6) is -5.00. The number of hydrogen-bond acceptors (Lipinski definition) is 3. The largest absolute Gasteiger partial charge is 0.368 e. The third-order valence-corrected chi connectivity index (χ3v) is 8.80. The Morgan fingerprint density at radius 3 is 2.50 bits per heavy atom. The van der Waals surface area contributed by atoms with E-state index in [2.05, 4.69) is 4.72 Å². The van der Waals surface area contributed by atoms with E-state index < -0.39 is 51.9 Å². The van der Waals surface area contributed by atoms with Crippen molar-refractivity contribution in [1.29, 1.82) is 0 Å². The fraction of sp³-hybridized carbons (Fsp3) is 0.458. The summed E-state index contributed by atoms with van der Waals surface area (Å²) < 4.78 is 76.8. The fourth-order valence-corrected chi connectivity index (χ4v) is 5.51. The van der Waals surface area contributed by atoms with Crippen molar-refractivity contribution in [1.82, 2.24) is 9.62 Å². The lowest BCUT2D eigenvalue weighted by Crippen LogP contribution is -2.61. The molecule has 0 saturated carbocycles. The molecule has 4 rings (SSSR count). The minimum atomic E-state index is -4.60. The minimum Gasteiger partial charge on any atom is -0.368 e. The number of alkyl halides is 2. The van der Waals surface area contributed by atoms with Crippen molar-refractivity contribution in [2.45, 2.75) is 43.9 Å². The van der Waals surface area contributed by atoms with E-state index in [-0.39, 0.29) is 17.7 Å². The molecule has 0 bridgehead atoms. The lowest BCUT2D eigenvalue weighted by Gasteiger charge is -2.43. The van der Waals surface area contributed by atoms with Gasteiger partial charge in [-0.15, -0.1) is 9.53 Å². The summed E-state index contributed by atoms with van der Waals surface area (Å²) in [6.45, 7) is 0.830. The van der Waals surface area contributed by atoms with E-state index in [0.717, 1.165) is 11.2 Å². The van der Waals surface area contributed by atoms with Crippen LogP contribution in [0.1, 0.15) is 18.9 Å². The van der Waals surface area contributed by atoms with Crippen LogP contribution >= 0.6 is 0 Å². The zero-order valence-electron chi connectivity index (χ0n) is 19.0. The molecule has 2 heterocycles. The fourth-order valence-electron chi connectivity index (χ4n) is 4.37. The summed E-state index contributed by atoms with van der Waals surface area (Å²) in [6, 6.07) is 10.4. The number of likely N-dealkylation sites (tertiary alicyclic amines) is 1. The molecule has 10 heteroatoms. The first-order valence-electron chi connectivity index (χ1n) is 11.2. The van der Waals surface area contributed by atoms with Crippen LogP contribution in [0.2, 0.25) is 0 Å². The standard InChI is InChI=1S/C24H29F3N2O4S/c1-3-34(2,31,32)28-22-19(29(15-24(22,26)27)23(30)20-12-13-33-20)14-17-10-7-11-18(21(17)25)16-8-5-4-6-9-16/h4-11,19-20,22H,3,12-15H2,1-2H3,(H2,28,31,32)/t19-,20?,22+/m0/s1. The molecule has 2 aliphatic rings. The first-order valence-corrected chi connectivity index (χ1v) is 13.7. The van der Waals surface area contributed by atoms with E-state index in [1.165, 1.54) is 13.0 Å². The van der Waals surface area contributed by atoms with Gasteiger partial charge in [-0.1, -0.05) is 48.5 Å². The van der Waals surface area contributed by atoms with Crippen molar-refractivity contribution in [3.05, 3.63) is 59.9 Å². The highest BCUT2D eigenvalue weighted by atomic mass is 32.3. The summed E-state index contributed by atoms with van der Waals surface area (Å²) in [7, 11) is -4.60. The minimum absolute atomic E-state index is 0.136. The number of hydrogen-bond donors (Lipinski definition) is 2. The van der Waals surface area contributed by atoms with Crippen LogP contribution in [0.25, 0.3) is 11.1 Å². The van der Waals surface area contributed by atoms with Gasteiger partial charge < -0.3 is 9.64 Å². The molecule has 2 aromatic carbocycles. The third kappa shape index (κ3) is 4.91. The Balaban J connectivity index is 1.73. The van der Waals surface area contributed by atoms with Crippen LogP contribution in [0.3, 0.4) is 0 Å². The number of amides is 1. The molecule has 186 valence electrons. The summed E-state index contributed by atoms with van der Waals surface area (Å²) in [5.41, 5.74) is 1.07. The molecule has 2 aromatic rings. The topological polar surface area (TPSA) is 78.9 Å². The zero-order valence-corrected chi connectivity index (χ0v) is 19.9. The SMILES string of the molecule is CCS(C)(=O)(O)N[C@@H]1[C@H](Cc2cccc(-c3ccccc3)c2F)N(C(=O)C2CCO2)CC1(F)F. The second-order valence-electron chi connectivity index (χ2n) is 9.16. The molecule has 3 atom stereocenters. The lowest BCUT2D eigenvalue weighted by atomic mass is 9.95. The number of nitrogens with zero attached hydrogens (tertiary/aromatic N) is 1. The molecule has 2 fully saturated rings. The quantitative estimate of drug-likeness (QED) is 0.613. The Hall–Kier alpha value is -2.27. The Labute approximate surface area is 196 Å². The van der Waals surface area contributed by atoms with Crippen molar-refractivity contribution in [3.63, 3.8) is 0 Å². The first-order chi connectivity index (χ1) is 15.9. The van der Waals surface area contributed by atoms with Gasteiger partial charge in [0.2, 0.25) is 0 Å². The number of carbonyl (C=O) groups is 1. The number of carbonyl (C=O) groups excluding carboxylic acids is 1. The van der Waals surface area contributed by atoms with Crippen LogP contribution in [0.15, 0.2) is 48.5 Å². The average Bonchev–Trinajstić information content (AvgIpc) is 2.98. The molecule has 0 radical (unpaired) electrons. The molecule has 2 N–H and O–H groups in total. The van der Waals surface area contributed by atoms with Crippen LogP contribution in [0.5, 0.6) is 0 Å². The monoisotopic (exact) mass is 498 g/mol. The second kappa shape index (κ2) is 8.75. The van der Waals surface area contributed by atoms with Gasteiger partial charge in [0.25, 0.3) is 11.8 Å². The molecule has 2 saturated heterocycles. The molecule has 0 aliphatic carbocycles. The Bertz CT molecular complexity index is 1130. The van der Waals surface area contributed by atoms with Gasteiger partial charge in [-0.05, 0) is 24.5 Å². The van der Waals surface area contributed by atoms with Gasteiger partial charge in [0, 0.05) is 24.0 Å². The third-order valence-electron chi connectivity index (χ3n) is 6.58. The number of ether oxygens (including phenoxy) is 1. The Morgan fingerprint density at radius 2 is 1.91 bits per heavy atom. The van der Waals surface area contributed by atoms with E-state index in [4.69, 9.17) is 4.74 Å². The van der Waals surface area contributed by atoms with Crippen molar-refractivity contribution in [2.75, 3.05) is 25.2 Å². The molecular weight excluding hydrogens is 469 g/mol. The molecule has 1 amide bonds. The van der Waals surface area contributed by atoms with Gasteiger partial charge in [-0.3, -0.25) is 9.35 Å². The van der Waals surface area contributed by atoms with E-state index >= 15 is 13.2 Å². The van der Waals surface area contributed by atoms with Crippen molar-refractivity contribution >= 4 is 15.4 Å². The van der Waals surface area contributed by atoms with Gasteiger partial charge in [0.15, 0.2) is 0 Å². The van der Waals surface area contributed by atoms with Crippen LogP contribution in [0, 0.1) is 5.82 Å². The maximum absolute atomic E-state index is 15.5. The van der Waals surface area contributed by atoms with Gasteiger partial charge in [-0.2, -0.15) is 4.21 Å². The molecule has 1 unspecified atom stereocenters. The van der Waals surface area contributed by atoms with Crippen LogP contribution in [-0.4, -0.2) is 68.8 Å². The van der Waals surface area contributed by atoms with Crippen LogP contribution in [0.4, 0.5) is 13.2 Å². The van der Waals surface area contributed by atoms with E-state index in [0.29, 0.717) is 24.2 Å². The van der Waals surface area contributed by atoms with Gasteiger partial charge in [0.1, 0.15) is 18.0 Å². The van der Waals surface area contributed by atoms with Gasteiger partial charge in [-0.25, -0.2) is 17.9 Å². The predicted octanol–water partition coefficient (Wildman–Crippen LogP) is 3.49. The highest BCUT2D eigenvalue weighted by Crippen LogP contribution is 2.38. The maximum atomic E-state index is 15.5. The normalized spacial score (nSPS) is 25.4. The van der Waals surface area contributed by atoms with Gasteiger partial charge >= 0.3 is 0 Å². The molecule has 0 aromatic heterocycles. The van der Waals surface area contributed by atoms with E-state index in [1.54, 1.807) is 42.5 Å². The average molecular weight is 499 g/mol. The lowest BCUT2D eigenvalue weighted by molar-refractivity contribution is -0.158. The Morgan fingerprint density at radius 1 is 1.24 bits per heavy atom. The summed E-state index contributed by atoms with van der Waals surface area (Å²) >= 11 is 0. The van der Waals surface area contributed by atoms with Crippen molar-refractivity contribution < 1.29 is 31.5 Å². The highest BCUT2D eigenvalue weighted by Gasteiger charge is 2.58. The maximum Gasteiger partial charge on any atom is 0.283 e. The molecule has 6 nitrogen and oxygen atoms in total. The molecular formula is C24H29F3N2O4S. The zero-order chi connectivity index (χ0) is 24.7. The number of rotatable bonds is 7. The first kappa shape index (κ1) is 24.8. The molecule has 2 aliphatic heterocycles. The number of nitrogens with one attached hydrogen (secondary N) is 1.